The maximum absolute atomic E-state index is 9.10. The molecular formula is C19H21N3O8S. The van der Waals surface area contributed by atoms with Crippen LogP contribution in [-0.2, 0) is 25.6 Å². The first kappa shape index (κ1) is 25.3. The molecule has 11 nitrogen and oxygen atoms in total. The second kappa shape index (κ2) is 12.0. The van der Waals surface area contributed by atoms with Gasteiger partial charge in [-0.2, -0.15) is 0 Å². The SMILES string of the molecule is NC(=Nc1ccc2c(c1)C(N)CCC2)c1cccs1.O=C(O)C(=O)O.O=C(O)C(=O)O. The number of amidine groups is 1. The minimum absolute atomic E-state index is 0.141. The predicted octanol–water partition coefficient (Wildman–Crippen LogP) is 1.43. The summed E-state index contributed by atoms with van der Waals surface area (Å²) in [4.78, 5) is 41.9. The number of nitrogens with two attached hydrogens (primary N) is 2. The van der Waals surface area contributed by atoms with Gasteiger partial charge in [0.25, 0.3) is 0 Å². The summed E-state index contributed by atoms with van der Waals surface area (Å²) in [6.45, 7) is 0. The smallest absolute Gasteiger partial charge is 0.414 e. The Kier molecular flexibility index (Phi) is 9.82. The molecule has 0 fully saturated rings. The molecule has 2 aromatic rings. The van der Waals surface area contributed by atoms with Gasteiger partial charge >= 0.3 is 23.9 Å². The lowest BCUT2D eigenvalue weighted by Crippen LogP contribution is -2.17. The average molecular weight is 451 g/mol. The summed E-state index contributed by atoms with van der Waals surface area (Å²) in [6.07, 6.45) is 3.35. The average Bonchev–Trinajstić information content (AvgIpc) is 3.24. The summed E-state index contributed by atoms with van der Waals surface area (Å²) in [7, 11) is 0. The zero-order valence-electron chi connectivity index (χ0n) is 16.1. The summed E-state index contributed by atoms with van der Waals surface area (Å²) in [5.41, 5.74) is 15.6. The number of benzene rings is 1. The quantitative estimate of drug-likeness (QED) is 0.219. The maximum atomic E-state index is 9.10. The van der Waals surface area contributed by atoms with Crippen LogP contribution in [0.5, 0.6) is 0 Å². The van der Waals surface area contributed by atoms with E-state index in [1.807, 2.05) is 23.6 Å². The Balaban J connectivity index is 0.000000333. The number of carbonyl (C=O) groups is 4. The fourth-order valence-corrected chi connectivity index (χ4v) is 3.14. The Hall–Kier alpha value is -3.77. The molecule has 31 heavy (non-hydrogen) atoms. The molecule has 0 saturated carbocycles. The molecule has 0 radical (unpaired) electrons. The molecule has 8 N–H and O–H groups in total. The molecule has 0 bridgehead atoms. The van der Waals surface area contributed by atoms with Crippen molar-refractivity contribution in [3.63, 3.8) is 0 Å². The van der Waals surface area contributed by atoms with Crippen molar-refractivity contribution >= 4 is 46.7 Å². The molecule has 1 atom stereocenters. The molecule has 1 aromatic carbocycles. The number of hydrogen-bond acceptors (Lipinski definition) is 7. The largest absolute Gasteiger partial charge is 0.473 e. The molecule has 1 aromatic heterocycles. The Morgan fingerprint density at radius 1 is 0.968 bits per heavy atom. The number of nitrogens with zero attached hydrogens (tertiary/aromatic N) is 1. The standard InChI is InChI=1S/C15H17N3S.2C2H2O4/c16-13-4-1-3-10-6-7-11(9-12(10)13)18-15(17)14-5-2-8-19-14;2*3-1(4)2(5)6/h2,5-9,13H,1,3-4,16H2,(H2,17,18);2*(H,3,4)(H,5,6). The predicted molar refractivity (Wildman–Crippen MR) is 112 cm³/mol. The number of fused-ring (bicyclic) bond motifs is 1. The molecule has 3 rings (SSSR count). The summed E-state index contributed by atoms with van der Waals surface area (Å²) in [5, 5.41) is 31.6. The van der Waals surface area contributed by atoms with Gasteiger partial charge in [-0.15, -0.1) is 11.3 Å². The lowest BCUT2D eigenvalue weighted by molar-refractivity contribution is -0.159. The van der Waals surface area contributed by atoms with Crippen molar-refractivity contribution in [2.24, 2.45) is 16.5 Å². The van der Waals surface area contributed by atoms with E-state index in [2.05, 4.69) is 17.1 Å². The number of hydrogen-bond donors (Lipinski definition) is 6. The van der Waals surface area contributed by atoms with Gasteiger partial charge in [0.2, 0.25) is 0 Å². The van der Waals surface area contributed by atoms with Gasteiger partial charge in [0.1, 0.15) is 5.84 Å². The highest BCUT2D eigenvalue weighted by Crippen LogP contribution is 2.31. The van der Waals surface area contributed by atoms with Crippen molar-refractivity contribution in [2.75, 3.05) is 0 Å². The van der Waals surface area contributed by atoms with Crippen LogP contribution in [0.1, 0.15) is 34.9 Å². The van der Waals surface area contributed by atoms with Crippen molar-refractivity contribution in [3.05, 3.63) is 51.7 Å². The molecule has 0 saturated heterocycles. The molecule has 0 spiro atoms. The summed E-state index contributed by atoms with van der Waals surface area (Å²) in [5.74, 6) is -6.73. The van der Waals surface area contributed by atoms with Crippen molar-refractivity contribution in [1.29, 1.82) is 0 Å². The third kappa shape index (κ3) is 8.64. The van der Waals surface area contributed by atoms with Crippen LogP contribution in [0.3, 0.4) is 0 Å². The topological polar surface area (TPSA) is 214 Å². The zero-order valence-corrected chi connectivity index (χ0v) is 16.9. The van der Waals surface area contributed by atoms with Crippen LogP contribution in [0.15, 0.2) is 40.7 Å². The number of carboxylic acid groups (broad SMARTS) is 4. The zero-order chi connectivity index (χ0) is 23.6. The number of aliphatic carboxylic acids is 4. The lowest BCUT2D eigenvalue weighted by Gasteiger charge is -2.22. The number of thiophene rings is 1. The summed E-state index contributed by atoms with van der Waals surface area (Å²) >= 11 is 1.60. The van der Waals surface area contributed by atoms with Gasteiger partial charge in [0, 0.05) is 6.04 Å². The molecule has 1 unspecified atom stereocenters. The first-order valence-corrected chi connectivity index (χ1v) is 9.59. The highest BCUT2D eigenvalue weighted by Gasteiger charge is 2.16. The van der Waals surface area contributed by atoms with E-state index in [0.717, 1.165) is 23.4 Å². The van der Waals surface area contributed by atoms with Gasteiger partial charge in [0.15, 0.2) is 0 Å². The Morgan fingerprint density at radius 2 is 1.55 bits per heavy atom. The molecule has 1 aliphatic carbocycles. The third-order valence-electron chi connectivity index (χ3n) is 3.88. The molecule has 1 heterocycles. The van der Waals surface area contributed by atoms with Crippen molar-refractivity contribution < 1.29 is 39.6 Å². The number of aryl methyl sites for hydroxylation is 1. The van der Waals surface area contributed by atoms with E-state index in [4.69, 9.17) is 51.1 Å². The van der Waals surface area contributed by atoms with Crippen LogP contribution in [0.4, 0.5) is 5.69 Å². The summed E-state index contributed by atoms with van der Waals surface area (Å²) < 4.78 is 0. The van der Waals surface area contributed by atoms with Gasteiger partial charge in [-0.05, 0) is 54.0 Å². The minimum Gasteiger partial charge on any atom is -0.473 e. The first-order chi connectivity index (χ1) is 14.5. The Morgan fingerprint density at radius 3 is 2.03 bits per heavy atom. The second-order valence-corrected chi connectivity index (χ2v) is 7.02. The third-order valence-corrected chi connectivity index (χ3v) is 4.77. The van der Waals surface area contributed by atoms with Crippen LogP contribution in [0.2, 0.25) is 0 Å². The van der Waals surface area contributed by atoms with E-state index in [1.54, 1.807) is 11.3 Å². The maximum Gasteiger partial charge on any atom is 0.414 e. The summed E-state index contributed by atoms with van der Waals surface area (Å²) in [6, 6.07) is 10.3. The Bertz CT molecular complexity index is 925. The second-order valence-electron chi connectivity index (χ2n) is 6.08. The van der Waals surface area contributed by atoms with Gasteiger partial charge in [-0.1, -0.05) is 12.1 Å². The highest BCUT2D eigenvalue weighted by molar-refractivity contribution is 7.12. The van der Waals surface area contributed by atoms with Gasteiger partial charge in [-0.3, -0.25) is 0 Å². The van der Waals surface area contributed by atoms with E-state index in [1.165, 1.54) is 17.5 Å². The van der Waals surface area contributed by atoms with Crippen LogP contribution in [0, 0.1) is 0 Å². The lowest BCUT2D eigenvalue weighted by atomic mass is 9.88. The number of rotatable bonds is 2. The Labute approximate surface area is 180 Å². The fraction of sp³-hybridized carbons (Fsp3) is 0.211. The monoisotopic (exact) mass is 451 g/mol. The van der Waals surface area contributed by atoms with E-state index in [9.17, 15) is 0 Å². The number of aliphatic imine (C=N–C) groups is 1. The van der Waals surface area contributed by atoms with E-state index in [-0.39, 0.29) is 6.04 Å². The molecule has 0 aliphatic heterocycles. The molecular weight excluding hydrogens is 430 g/mol. The minimum atomic E-state index is -1.82. The molecule has 0 amide bonds. The van der Waals surface area contributed by atoms with Crippen LogP contribution >= 0.6 is 11.3 Å². The molecule has 1 aliphatic rings. The van der Waals surface area contributed by atoms with Crippen molar-refractivity contribution in [2.45, 2.75) is 25.3 Å². The molecule has 12 heteroatoms. The van der Waals surface area contributed by atoms with Crippen LogP contribution in [0.25, 0.3) is 0 Å². The molecule has 166 valence electrons. The first-order valence-electron chi connectivity index (χ1n) is 8.71. The van der Waals surface area contributed by atoms with Crippen LogP contribution in [-0.4, -0.2) is 50.1 Å². The van der Waals surface area contributed by atoms with Crippen molar-refractivity contribution in [3.8, 4) is 0 Å². The fourth-order valence-electron chi connectivity index (χ4n) is 2.51. The van der Waals surface area contributed by atoms with E-state index in [0.29, 0.717) is 5.84 Å². The number of carboxylic acids is 4. The van der Waals surface area contributed by atoms with Gasteiger partial charge in [0.05, 0.1) is 10.6 Å². The van der Waals surface area contributed by atoms with Gasteiger partial charge < -0.3 is 31.9 Å². The van der Waals surface area contributed by atoms with Crippen molar-refractivity contribution in [1.82, 2.24) is 0 Å². The highest BCUT2D eigenvalue weighted by atomic mass is 32.1. The van der Waals surface area contributed by atoms with E-state index < -0.39 is 23.9 Å². The van der Waals surface area contributed by atoms with Crippen LogP contribution < -0.4 is 11.5 Å². The van der Waals surface area contributed by atoms with Gasteiger partial charge in [-0.25, -0.2) is 24.2 Å². The van der Waals surface area contributed by atoms with E-state index >= 15 is 0 Å². The normalized spacial score (nSPS) is 14.6.